The van der Waals surface area contributed by atoms with E-state index in [0.717, 1.165) is 47.1 Å². The molecule has 1 N–H and O–H groups in total. The van der Waals surface area contributed by atoms with Gasteiger partial charge in [0.25, 0.3) is 0 Å². The first-order valence-corrected chi connectivity index (χ1v) is 7.75. The summed E-state index contributed by atoms with van der Waals surface area (Å²) in [5.41, 5.74) is 1.10. The van der Waals surface area contributed by atoms with E-state index >= 15 is 0 Å². The lowest BCUT2D eigenvalue weighted by atomic mass is 10.1. The molecule has 1 aliphatic carbocycles. The molecule has 0 aliphatic heterocycles. The number of hydrogen-bond donors (Lipinski definition) is 1. The highest BCUT2D eigenvalue weighted by Crippen LogP contribution is 2.32. The van der Waals surface area contributed by atoms with E-state index in [9.17, 15) is 0 Å². The lowest BCUT2D eigenvalue weighted by Crippen LogP contribution is -2.22. The molecule has 1 fully saturated rings. The van der Waals surface area contributed by atoms with Gasteiger partial charge in [-0.2, -0.15) is 0 Å². The predicted octanol–water partition coefficient (Wildman–Crippen LogP) is 2.78. The fourth-order valence-electron chi connectivity index (χ4n) is 2.03. The second-order valence-electron chi connectivity index (χ2n) is 4.89. The zero-order valence-electron chi connectivity index (χ0n) is 12.1. The first-order valence-electron chi connectivity index (χ1n) is 6.96. The van der Waals surface area contributed by atoms with Gasteiger partial charge in [0.15, 0.2) is 0 Å². The summed E-state index contributed by atoms with van der Waals surface area (Å²) in [4.78, 5) is 0. The summed E-state index contributed by atoms with van der Waals surface area (Å²) in [5, 5.41) is 3.43. The SMILES string of the molecule is COc1cc(CCOCCNC2CC2)c(OC)cc1Br. The van der Waals surface area contributed by atoms with Crippen molar-refractivity contribution in [1.29, 1.82) is 0 Å². The quantitative estimate of drug-likeness (QED) is 0.700. The van der Waals surface area contributed by atoms with E-state index in [1.807, 2.05) is 12.1 Å². The van der Waals surface area contributed by atoms with Crippen LogP contribution in [-0.2, 0) is 11.2 Å². The second-order valence-corrected chi connectivity index (χ2v) is 5.74. The van der Waals surface area contributed by atoms with Crippen molar-refractivity contribution in [3.8, 4) is 11.5 Å². The van der Waals surface area contributed by atoms with Crippen LogP contribution in [0.2, 0.25) is 0 Å². The molecule has 0 spiro atoms. The standard InChI is InChI=1S/C15H22BrNO3/c1-18-14-10-13(16)15(19-2)9-11(14)5-7-20-8-6-17-12-3-4-12/h9-10,12,17H,3-8H2,1-2H3. The van der Waals surface area contributed by atoms with Gasteiger partial charge in [0.2, 0.25) is 0 Å². The highest BCUT2D eigenvalue weighted by atomic mass is 79.9. The molecule has 1 aromatic rings. The molecule has 112 valence electrons. The Hall–Kier alpha value is -0.780. The molecule has 0 bridgehead atoms. The van der Waals surface area contributed by atoms with Crippen molar-refractivity contribution in [3.63, 3.8) is 0 Å². The van der Waals surface area contributed by atoms with Crippen LogP contribution in [0.1, 0.15) is 18.4 Å². The number of ether oxygens (including phenoxy) is 3. The summed E-state index contributed by atoms with van der Waals surface area (Å²) < 4.78 is 17.2. The molecule has 0 unspecified atom stereocenters. The molecule has 1 saturated carbocycles. The molecular weight excluding hydrogens is 322 g/mol. The van der Waals surface area contributed by atoms with Gasteiger partial charge in [-0.1, -0.05) is 0 Å². The lowest BCUT2D eigenvalue weighted by molar-refractivity contribution is 0.138. The molecule has 0 radical (unpaired) electrons. The van der Waals surface area contributed by atoms with E-state index < -0.39 is 0 Å². The Morgan fingerprint density at radius 2 is 1.90 bits per heavy atom. The maximum Gasteiger partial charge on any atom is 0.133 e. The van der Waals surface area contributed by atoms with Crippen molar-refractivity contribution in [2.45, 2.75) is 25.3 Å². The molecule has 0 saturated heterocycles. The summed E-state index contributed by atoms with van der Waals surface area (Å²) in [6.45, 7) is 2.38. The zero-order chi connectivity index (χ0) is 14.4. The van der Waals surface area contributed by atoms with Gasteiger partial charge in [-0.25, -0.2) is 0 Å². The van der Waals surface area contributed by atoms with Crippen LogP contribution in [0.25, 0.3) is 0 Å². The number of methoxy groups -OCH3 is 2. The van der Waals surface area contributed by atoms with Gasteiger partial charge in [0.1, 0.15) is 11.5 Å². The summed E-state index contributed by atoms with van der Waals surface area (Å²) in [5.74, 6) is 1.67. The lowest BCUT2D eigenvalue weighted by Gasteiger charge is -2.12. The first kappa shape index (κ1) is 15.6. The van der Waals surface area contributed by atoms with Crippen LogP contribution < -0.4 is 14.8 Å². The van der Waals surface area contributed by atoms with E-state index in [0.29, 0.717) is 6.61 Å². The minimum Gasteiger partial charge on any atom is -0.496 e. The molecule has 0 heterocycles. The van der Waals surface area contributed by atoms with Crippen molar-refractivity contribution in [2.75, 3.05) is 34.0 Å². The topological polar surface area (TPSA) is 39.7 Å². The van der Waals surface area contributed by atoms with Crippen LogP contribution in [0.15, 0.2) is 16.6 Å². The van der Waals surface area contributed by atoms with Crippen LogP contribution >= 0.6 is 15.9 Å². The molecule has 0 amide bonds. The molecule has 0 atom stereocenters. The van der Waals surface area contributed by atoms with Crippen LogP contribution in [0, 0.1) is 0 Å². The summed E-state index contributed by atoms with van der Waals surface area (Å²) in [7, 11) is 3.34. The molecule has 5 heteroatoms. The number of halogens is 1. The summed E-state index contributed by atoms with van der Waals surface area (Å²) in [6.07, 6.45) is 3.45. The van der Waals surface area contributed by atoms with Crippen molar-refractivity contribution in [2.24, 2.45) is 0 Å². The smallest absolute Gasteiger partial charge is 0.133 e. The van der Waals surface area contributed by atoms with Crippen LogP contribution in [-0.4, -0.2) is 40.0 Å². The normalized spacial score (nSPS) is 14.3. The average molecular weight is 344 g/mol. The Bertz CT molecular complexity index is 435. The van der Waals surface area contributed by atoms with Gasteiger partial charge < -0.3 is 19.5 Å². The van der Waals surface area contributed by atoms with Crippen molar-refractivity contribution < 1.29 is 14.2 Å². The molecule has 20 heavy (non-hydrogen) atoms. The Kier molecular flexibility index (Phi) is 6.13. The first-order chi connectivity index (χ1) is 9.74. The summed E-state index contributed by atoms with van der Waals surface area (Å²) >= 11 is 3.46. The van der Waals surface area contributed by atoms with Crippen LogP contribution in [0.3, 0.4) is 0 Å². The van der Waals surface area contributed by atoms with E-state index in [-0.39, 0.29) is 0 Å². The van der Waals surface area contributed by atoms with Crippen LogP contribution in [0.4, 0.5) is 0 Å². The minimum atomic E-state index is 0.688. The van der Waals surface area contributed by atoms with E-state index in [2.05, 4.69) is 21.2 Å². The van der Waals surface area contributed by atoms with E-state index in [1.54, 1.807) is 14.2 Å². The van der Waals surface area contributed by atoms with Gasteiger partial charge in [-0.15, -0.1) is 0 Å². The third-order valence-electron chi connectivity index (χ3n) is 3.33. The van der Waals surface area contributed by atoms with Crippen molar-refractivity contribution >= 4 is 15.9 Å². The maximum atomic E-state index is 5.65. The highest BCUT2D eigenvalue weighted by Gasteiger charge is 2.19. The fourth-order valence-corrected chi connectivity index (χ4v) is 2.51. The van der Waals surface area contributed by atoms with Crippen molar-refractivity contribution in [3.05, 3.63) is 22.2 Å². The fraction of sp³-hybridized carbons (Fsp3) is 0.600. The monoisotopic (exact) mass is 343 g/mol. The van der Waals surface area contributed by atoms with E-state index in [4.69, 9.17) is 14.2 Å². The van der Waals surface area contributed by atoms with Crippen molar-refractivity contribution in [1.82, 2.24) is 5.32 Å². The molecule has 2 rings (SSSR count). The van der Waals surface area contributed by atoms with E-state index in [1.165, 1.54) is 12.8 Å². The Morgan fingerprint density at radius 3 is 2.55 bits per heavy atom. The highest BCUT2D eigenvalue weighted by molar-refractivity contribution is 9.10. The molecule has 0 aromatic heterocycles. The van der Waals surface area contributed by atoms with Gasteiger partial charge >= 0.3 is 0 Å². The Labute approximate surface area is 128 Å². The Morgan fingerprint density at radius 1 is 1.15 bits per heavy atom. The Balaban J connectivity index is 1.77. The van der Waals surface area contributed by atoms with Gasteiger partial charge in [-0.3, -0.25) is 0 Å². The number of nitrogens with one attached hydrogen (secondary N) is 1. The van der Waals surface area contributed by atoms with Gasteiger partial charge in [0, 0.05) is 18.2 Å². The number of rotatable bonds is 9. The van der Waals surface area contributed by atoms with Gasteiger partial charge in [0.05, 0.1) is 31.9 Å². The van der Waals surface area contributed by atoms with Crippen LogP contribution in [0.5, 0.6) is 11.5 Å². The third-order valence-corrected chi connectivity index (χ3v) is 3.95. The predicted molar refractivity (Wildman–Crippen MR) is 82.8 cm³/mol. The largest absolute Gasteiger partial charge is 0.496 e. The molecular formula is C15H22BrNO3. The third kappa shape index (κ3) is 4.65. The second kappa shape index (κ2) is 7.86. The zero-order valence-corrected chi connectivity index (χ0v) is 13.7. The minimum absolute atomic E-state index is 0.688. The number of benzene rings is 1. The molecule has 1 aromatic carbocycles. The summed E-state index contributed by atoms with van der Waals surface area (Å²) in [6, 6.07) is 4.67. The molecule has 4 nitrogen and oxygen atoms in total. The molecule has 1 aliphatic rings. The average Bonchev–Trinajstić information content (AvgIpc) is 3.27. The number of hydrogen-bond acceptors (Lipinski definition) is 4. The maximum absolute atomic E-state index is 5.65. The van der Waals surface area contributed by atoms with Gasteiger partial charge in [-0.05, 0) is 47.3 Å².